The van der Waals surface area contributed by atoms with Crippen LogP contribution in [0.2, 0.25) is 0 Å². The number of ether oxygens (including phenoxy) is 1. The molecule has 25 heavy (non-hydrogen) atoms. The number of benzene rings is 3. The highest BCUT2D eigenvalue weighted by molar-refractivity contribution is 5.79. The number of nitrogens with zero attached hydrogens (tertiary/aromatic N) is 1. The van der Waals surface area contributed by atoms with E-state index in [9.17, 15) is 4.39 Å². The molecule has 2 nitrogen and oxygen atoms in total. The van der Waals surface area contributed by atoms with Crippen molar-refractivity contribution >= 4 is 6.21 Å². The molecule has 3 aromatic rings. The zero-order valence-electron chi connectivity index (χ0n) is 14.1. The summed E-state index contributed by atoms with van der Waals surface area (Å²) in [4.78, 5) is 4.44. The molecule has 0 aliphatic carbocycles. The lowest BCUT2D eigenvalue weighted by molar-refractivity contribution is 0.306. The summed E-state index contributed by atoms with van der Waals surface area (Å²) in [5.74, 6) is 0.583. The largest absolute Gasteiger partial charge is 0.489 e. The van der Waals surface area contributed by atoms with E-state index in [1.807, 2.05) is 67.6 Å². The van der Waals surface area contributed by atoms with Crippen molar-refractivity contribution in [1.82, 2.24) is 0 Å². The molecule has 0 aliphatic heterocycles. The van der Waals surface area contributed by atoms with E-state index < -0.39 is 0 Å². The third-order valence-corrected chi connectivity index (χ3v) is 3.93. The van der Waals surface area contributed by atoms with E-state index in [1.54, 1.807) is 18.3 Å². The molecule has 0 N–H and O–H groups in total. The summed E-state index contributed by atoms with van der Waals surface area (Å²) in [6.07, 6.45) is 1.76. The maximum absolute atomic E-state index is 13.8. The van der Waals surface area contributed by atoms with E-state index in [2.05, 4.69) is 4.99 Å². The number of rotatable bonds is 6. The molecule has 0 radical (unpaired) electrons. The molecule has 0 bridgehead atoms. The van der Waals surface area contributed by atoms with Crippen molar-refractivity contribution in [2.75, 3.05) is 0 Å². The summed E-state index contributed by atoms with van der Waals surface area (Å²) in [5, 5.41) is 0. The zero-order chi connectivity index (χ0) is 17.5. The predicted molar refractivity (Wildman–Crippen MR) is 99.6 cm³/mol. The molecule has 0 spiro atoms. The van der Waals surface area contributed by atoms with E-state index in [0.717, 1.165) is 16.9 Å². The molecule has 0 saturated heterocycles. The van der Waals surface area contributed by atoms with Crippen LogP contribution in [0.25, 0.3) is 0 Å². The molecule has 3 rings (SSSR count). The minimum absolute atomic E-state index is 0.225. The van der Waals surface area contributed by atoms with Crippen LogP contribution < -0.4 is 4.74 Å². The molecule has 0 fully saturated rings. The third kappa shape index (κ3) is 4.77. The Morgan fingerprint density at radius 1 is 0.920 bits per heavy atom. The molecular weight excluding hydrogens is 313 g/mol. The van der Waals surface area contributed by atoms with Gasteiger partial charge in [-0.2, -0.15) is 0 Å². The Hall–Kier alpha value is -2.94. The Bertz CT molecular complexity index is 828. The van der Waals surface area contributed by atoms with E-state index in [1.165, 1.54) is 6.07 Å². The summed E-state index contributed by atoms with van der Waals surface area (Å²) in [7, 11) is 0. The summed E-state index contributed by atoms with van der Waals surface area (Å²) in [6, 6.07) is 24.3. The lowest BCUT2D eigenvalue weighted by Crippen LogP contribution is -1.96. The van der Waals surface area contributed by atoms with Gasteiger partial charge in [-0.3, -0.25) is 4.99 Å². The maximum atomic E-state index is 13.8. The van der Waals surface area contributed by atoms with Crippen LogP contribution in [0.15, 0.2) is 83.9 Å². The first-order valence-corrected chi connectivity index (χ1v) is 8.27. The molecule has 3 heteroatoms. The molecule has 0 heterocycles. The fraction of sp³-hybridized carbons (Fsp3) is 0.136. The van der Waals surface area contributed by atoms with Crippen LogP contribution in [-0.2, 0) is 6.61 Å². The van der Waals surface area contributed by atoms with Gasteiger partial charge in [0.15, 0.2) is 0 Å². The Morgan fingerprint density at radius 2 is 1.60 bits per heavy atom. The third-order valence-electron chi connectivity index (χ3n) is 3.93. The van der Waals surface area contributed by atoms with E-state index in [4.69, 9.17) is 4.74 Å². The number of hydrogen-bond acceptors (Lipinski definition) is 2. The van der Waals surface area contributed by atoms with Crippen LogP contribution >= 0.6 is 0 Å². The quantitative estimate of drug-likeness (QED) is 0.539. The minimum Gasteiger partial charge on any atom is -0.489 e. The van der Waals surface area contributed by atoms with E-state index in [-0.39, 0.29) is 11.9 Å². The predicted octanol–water partition coefficient (Wildman–Crippen LogP) is 5.58. The standard InChI is InChI=1S/C22H20FNO/c1-17(21-9-5-6-10-22(21)23)24-15-18-11-13-20(14-12-18)25-16-19-7-3-2-4-8-19/h2-15,17H,16H2,1H3. The monoisotopic (exact) mass is 333 g/mol. The van der Waals surface area contributed by atoms with Crippen LogP contribution in [0.3, 0.4) is 0 Å². The zero-order valence-corrected chi connectivity index (χ0v) is 14.1. The molecule has 0 saturated carbocycles. The summed E-state index contributed by atoms with van der Waals surface area (Å²) >= 11 is 0. The van der Waals surface area contributed by atoms with Crippen molar-refractivity contribution < 1.29 is 9.13 Å². The Balaban J connectivity index is 1.59. The molecule has 0 amide bonds. The molecule has 126 valence electrons. The van der Waals surface area contributed by atoms with Crippen molar-refractivity contribution in [3.05, 3.63) is 101 Å². The topological polar surface area (TPSA) is 21.6 Å². The Morgan fingerprint density at radius 3 is 2.32 bits per heavy atom. The van der Waals surface area contributed by atoms with E-state index >= 15 is 0 Å². The molecule has 0 aliphatic rings. The fourth-order valence-corrected chi connectivity index (χ4v) is 2.48. The highest BCUT2D eigenvalue weighted by Gasteiger charge is 2.07. The Kier molecular flexibility index (Phi) is 5.57. The molecular formula is C22H20FNO. The SMILES string of the molecule is CC(N=Cc1ccc(OCc2ccccc2)cc1)c1ccccc1F. The number of aliphatic imine (C=N–C) groups is 1. The van der Waals surface area contributed by atoms with Crippen molar-refractivity contribution in [3.8, 4) is 5.75 Å². The minimum atomic E-state index is -0.227. The first kappa shape index (κ1) is 16.9. The van der Waals surface area contributed by atoms with Gasteiger partial charge in [0.1, 0.15) is 18.2 Å². The summed E-state index contributed by atoms with van der Waals surface area (Å²) in [6.45, 7) is 2.42. The van der Waals surface area contributed by atoms with Gasteiger partial charge in [-0.15, -0.1) is 0 Å². The van der Waals surface area contributed by atoms with Crippen molar-refractivity contribution in [1.29, 1.82) is 0 Å². The molecule has 0 aromatic heterocycles. The Labute approximate surface area is 147 Å². The normalized spacial score (nSPS) is 12.2. The highest BCUT2D eigenvalue weighted by atomic mass is 19.1. The van der Waals surface area contributed by atoms with Gasteiger partial charge < -0.3 is 4.74 Å². The summed E-state index contributed by atoms with van der Waals surface area (Å²) < 4.78 is 19.5. The maximum Gasteiger partial charge on any atom is 0.128 e. The van der Waals surface area contributed by atoms with Gasteiger partial charge in [0.25, 0.3) is 0 Å². The smallest absolute Gasteiger partial charge is 0.128 e. The molecule has 1 unspecified atom stereocenters. The first-order chi connectivity index (χ1) is 12.2. The van der Waals surface area contributed by atoms with Gasteiger partial charge in [0.05, 0.1) is 6.04 Å². The fourth-order valence-electron chi connectivity index (χ4n) is 2.48. The van der Waals surface area contributed by atoms with Crippen LogP contribution in [0.1, 0.15) is 29.7 Å². The highest BCUT2D eigenvalue weighted by Crippen LogP contribution is 2.20. The van der Waals surface area contributed by atoms with Crippen LogP contribution in [0.4, 0.5) is 4.39 Å². The van der Waals surface area contributed by atoms with Crippen LogP contribution in [-0.4, -0.2) is 6.21 Å². The van der Waals surface area contributed by atoms with Crippen molar-refractivity contribution in [2.45, 2.75) is 19.6 Å². The second kappa shape index (κ2) is 8.25. The lowest BCUT2D eigenvalue weighted by atomic mass is 10.1. The average molecular weight is 333 g/mol. The second-order valence-corrected chi connectivity index (χ2v) is 5.82. The van der Waals surface area contributed by atoms with Gasteiger partial charge in [-0.1, -0.05) is 48.5 Å². The van der Waals surface area contributed by atoms with Gasteiger partial charge in [0.2, 0.25) is 0 Å². The second-order valence-electron chi connectivity index (χ2n) is 5.82. The molecule has 1 atom stereocenters. The van der Waals surface area contributed by atoms with Gasteiger partial charge in [0, 0.05) is 11.8 Å². The van der Waals surface area contributed by atoms with E-state index in [0.29, 0.717) is 12.2 Å². The average Bonchev–Trinajstić information content (AvgIpc) is 2.66. The van der Waals surface area contributed by atoms with Gasteiger partial charge in [-0.25, -0.2) is 4.39 Å². The number of hydrogen-bond donors (Lipinski definition) is 0. The van der Waals surface area contributed by atoms with Crippen molar-refractivity contribution in [3.63, 3.8) is 0 Å². The molecule has 3 aromatic carbocycles. The summed E-state index contributed by atoms with van der Waals surface area (Å²) in [5.41, 5.74) is 2.68. The van der Waals surface area contributed by atoms with Gasteiger partial charge in [-0.05, 0) is 48.4 Å². The van der Waals surface area contributed by atoms with Crippen LogP contribution in [0, 0.1) is 5.82 Å². The first-order valence-electron chi connectivity index (χ1n) is 8.27. The lowest BCUT2D eigenvalue weighted by Gasteiger charge is -2.08. The van der Waals surface area contributed by atoms with Gasteiger partial charge >= 0.3 is 0 Å². The number of halogens is 1. The van der Waals surface area contributed by atoms with Crippen LogP contribution in [0.5, 0.6) is 5.75 Å². The van der Waals surface area contributed by atoms with Crippen molar-refractivity contribution in [2.24, 2.45) is 4.99 Å².